The van der Waals surface area contributed by atoms with E-state index in [2.05, 4.69) is 44.8 Å². The van der Waals surface area contributed by atoms with Gasteiger partial charge in [-0.05, 0) is 43.6 Å². The van der Waals surface area contributed by atoms with E-state index in [-0.39, 0.29) is 17.7 Å². The van der Waals surface area contributed by atoms with E-state index in [1.165, 1.54) is 0 Å². The number of amides is 1. The molecule has 0 aliphatic carbocycles. The Kier molecular flexibility index (Phi) is 8.76. The fourth-order valence-electron chi connectivity index (χ4n) is 3.22. The maximum Gasteiger partial charge on any atom is 0.227 e. The Bertz CT molecular complexity index is 542. The monoisotopic (exact) mass is 350 g/mol. The summed E-state index contributed by atoms with van der Waals surface area (Å²) in [5.41, 5.74) is 0.945. The molecule has 5 heteroatoms. The SMILES string of the molecule is CCN(CC)C(C)CNC(=O)C(c1ccc(OC)c(OC)c1)C(C)C. The van der Waals surface area contributed by atoms with Gasteiger partial charge in [0.15, 0.2) is 11.5 Å². The summed E-state index contributed by atoms with van der Waals surface area (Å²) in [6, 6.07) is 6.02. The van der Waals surface area contributed by atoms with Gasteiger partial charge in [-0.15, -0.1) is 0 Å². The van der Waals surface area contributed by atoms with Crippen LogP contribution < -0.4 is 14.8 Å². The lowest BCUT2D eigenvalue weighted by Gasteiger charge is -2.28. The second-order valence-electron chi connectivity index (χ2n) is 6.65. The molecular weight excluding hydrogens is 316 g/mol. The Morgan fingerprint density at radius 3 is 2.16 bits per heavy atom. The van der Waals surface area contributed by atoms with Gasteiger partial charge in [-0.2, -0.15) is 0 Å². The first-order valence-corrected chi connectivity index (χ1v) is 9.13. The third-order valence-electron chi connectivity index (χ3n) is 4.72. The van der Waals surface area contributed by atoms with Crippen molar-refractivity contribution in [3.8, 4) is 11.5 Å². The molecule has 1 aromatic rings. The first kappa shape index (κ1) is 21.3. The molecule has 0 aromatic heterocycles. The summed E-state index contributed by atoms with van der Waals surface area (Å²) in [4.78, 5) is 15.2. The molecule has 1 amide bonds. The van der Waals surface area contributed by atoms with Crippen molar-refractivity contribution in [3.05, 3.63) is 23.8 Å². The van der Waals surface area contributed by atoms with Crippen LogP contribution in [0.5, 0.6) is 11.5 Å². The summed E-state index contributed by atoms with van der Waals surface area (Å²) in [6.07, 6.45) is 0. The first-order valence-electron chi connectivity index (χ1n) is 9.13. The largest absolute Gasteiger partial charge is 0.493 e. The zero-order chi connectivity index (χ0) is 19.0. The second-order valence-corrected chi connectivity index (χ2v) is 6.65. The van der Waals surface area contributed by atoms with Gasteiger partial charge in [0, 0.05) is 12.6 Å². The molecular formula is C20H34N2O3. The molecule has 2 unspecified atom stereocenters. The van der Waals surface area contributed by atoms with Crippen molar-refractivity contribution < 1.29 is 14.3 Å². The summed E-state index contributed by atoms with van der Waals surface area (Å²) >= 11 is 0. The average molecular weight is 351 g/mol. The number of hydrogen-bond donors (Lipinski definition) is 1. The molecule has 0 heterocycles. The molecule has 0 saturated heterocycles. The summed E-state index contributed by atoms with van der Waals surface area (Å²) < 4.78 is 10.7. The van der Waals surface area contributed by atoms with E-state index in [4.69, 9.17) is 9.47 Å². The molecule has 0 aliphatic rings. The minimum absolute atomic E-state index is 0.0567. The number of nitrogens with one attached hydrogen (secondary N) is 1. The van der Waals surface area contributed by atoms with Gasteiger partial charge in [0.1, 0.15) is 0 Å². The summed E-state index contributed by atoms with van der Waals surface area (Å²) in [6.45, 7) is 13.2. The topological polar surface area (TPSA) is 50.8 Å². The van der Waals surface area contributed by atoms with E-state index in [9.17, 15) is 4.79 Å². The van der Waals surface area contributed by atoms with Crippen LogP contribution in [-0.2, 0) is 4.79 Å². The number of benzene rings is 1. The second kappa shape index (κ2) is 10.3. The Labute approximate surface area is 152 Å². The van der Waals surface area contributed by atoms with Crippen molar-refractivity contribution in [2.24, 2.45) is 5.92 Å². The van der Waals surface area contributed by atoms with Crippen LogP contribution in [0.25, 0.3) is 0 Å². The van der Waals surface area contributed by atoms with Crippen LogP contribution in [0.2, 0.25) is 0 Å². The molecule has 0 saturated carbocycles. The highest BCUT2D eigenvalue weighted by Crippen LogP contribution is 2.33. The van der Waals surface area contributed by atoms with Crippen LogP contribution in [0.15, 0.2) is 18.2 Å². The van der Waals surface area contributed by atoms with Gasteiger partial charge in [-0.25, -0.2) is 0 Å². The lowest BCUT2D eigenvalue weighted by molar-refractivity contribution is -0.123. The van der Waals surface area contributed by atoms with Crippen molar-refractivity contribution in [2.45, 2.75) is 46.6 Å². The van der Waals surface area contributed by atoms with Gasteiger partial charge >= 0.3 is 0 Å². The first-order chi connectivity index (χ1) is 11.9. The van der Waals surface area contributed by atoms with Crippen molar-refractivity contribution in [1.29, 1.82) is 0 Å². The van der Waals surface area contributed by atoms with Gasteiger partial charge < -0.3 is 14.8 Å². The van der Waals surface area contributed by atoms with E-state index in [1.807, 2.05) is 18.2 Å². The molecule has 0 fully saturated rings. The molecule has 0 aliphatic heterocycles. The number of likely N-dealkylation sites (N-methyl/N-ethyl adjacent to an activating group) is 1. The molecule has 1 N–H and O–H groups in total. The van der Waals surface area contributed by atoms with Gasteiger partial charge in [0.05, 0.1) is 20.1 Å². The number of nitrogens with zero attached hydrogens (tertiary/aromatic N) is 1. The highest BCUT2D eigenvalue weighted by Gasteiger charge is 2.26. The smallest absolute Gasteiger partial charge is 0.227 e. The number of ether oxygens (including phenoxy) is 2. The molecule has 1 rings (SSSR count). The average Bonchev–Trinajstić information content (AvgIpc) is 2.60. The molecule has 25 heavy (non-hydrogen) atoms. The minimum Gasteiger partial charge on any atom is -0.493 e. The Morgan fingerprint density at radius 1 is 1.08 bits per heavy atom. The number of hydrogen-bond acceptors (Lipinski definition) is 4. The number of carbonyl (C=O) groups is 1. The molecule has 5 nitrogen and oxygen atoms in total. The van der Waals surface area contributed by atoms with Crippen LogP contribution in [-0.4, -0.2) is 50.7 Å². The van der Waals surface area contributed by atoms with Crippen molar-refractivity contribution in [3.63, 3.8) is 0 Å². The maximum absolute atomic E-state index is 12.8. The standard InChI is InChI=1S/C20H34N2O3/c1-8-22(9-2)15(5)13-21-20(23)19(14(3)4)16-10-11-17(24-6)18(12-16)25-7/h10-12,14-15,19H,8-9,13H2,1-7H3,(H,21,23). The van der Waals surface area contributed by atoms with Crippen molar-refractivity contribution in [2.75, 3.05) is 33.9 Å². The normalized spacial score (nSPS) is 13.6. The summed E-state index contributed by atoms with van der Waals surface area (Å²) in [5, 5.41) is 3.12. The number of rotatable bonds is 10. The van der Waals surface area contributed by atoms with Crippen LogP contribution >= 0.6 is 0 Å². The fourth-order valence-corrected chi connectivity index (χ4v) is 3.22. The van der Waals surface area contributed by atoms with Crippen LogP contribution in [0.3, 0.4) is 0 Å². The zero-order valence-corrected chi connectivity index (χ0v) is 16.8. The lowest BCUT2D eigenvalue weighted by atomic mass is 9.87. The highest BCUT2D eigenvalue weighted by atomic mass is 16.5. The van der Waals surface area contributed by atoms with Gasteiger partial charge in [0.2, 0.25) is 5.91 Å². The van der Waals surface area contributed by atoms with E-state index < -0.39 is 0 Å². The zero-order valence-electron chi connectivity index (χ0n) is 16.8. The molecule has 142 valence electrons. The van der Waals surface area contributed by atoms with Crippen molar-refractivity contribution in [1.82, 2.24) is 10.2 Å². The van der Waals surface area contributed by atoms with Gasteiger partial charge in [0.25, 0.3) is 0 Å². The summed E-state index contributed by atoms with van der Waals surface area (Å²) in [7, 11) is 3.22. The van der Waals surface area contributed by atoms with E-state index in [0.29, 0.717) is 24.1 Å². The number of carbonyl (C=O) groups excluding carboxylic acids is 1. The Hall–Kier alpha value is -1.75. The van der Waals surface area contributed by atoms with Gasteiger partial charge in [-0.3, -0.25) is 9.69 Å². The summed E-state index contributed by atoms with van der Waals surface area (Å²) in [5.74, 6) is 1.34. The molecule has 0 spiro atoms. The van der Waals surface area contributed by atoms with Crippen LogP contribution in [0, 0.1) is 5.92 Å². The molecule has 1 aromatic carbocycles. The number of methoxy groups -OCH3 is 2. The predicted octanol–water partition coefficient (Wildman–Crippen LogP) is 3.29. The minimum atomic E-state index is -0.219. The Morgan fingerprint density at radius 2 is 1.68 bits per heavy atom. The third-order valence-corrected chi connectivity index (χ3v) is 4.72. The lowest BCUT2D eigenvalue weighted by Crippen LogP contribution is -2.43. The Balaban J connectivity index is 2.91. The van der Waals surface area contributed by atoms with E-state index in [1.54, 1.807) is 14.2 Å². The quantitative estimate of drug-likeness (QED) is 0.703. The molecule has 2 atom stereocenters. The third kappa shape index (κ3) is 5.63. The van der Waals surface area contributed by atoms with Crippen LogP contribution in [0.1, 0.15) is 46.1 Å². The molecule has 0 bridgehead atoms. The van der Waals surface area contributed by atoms with Crippen LogP contribution in [0.4, 0.5) is 0 Å². The van der Waals surface area contributed by atoms with Crippen molar-refractivity contribution >= 4 is 5.91 Å². The maximum atomic E-state index is 12.8. The van der Waals surface area contributed by atoms with E-state index >= 15 is 0 Å². The van der Waals surface area contributed by atoms with E-state index in [0.717, 1.165) is 18.7 Å². The predicted molar refractivity (Wildman–Crippen MR) is 103 cm³/mol. The highest BCUT2D eigenvalue weighted by molar-refractivity contribution is 5.84. The fraction of sp³-hybridized carbons (Fsp3) is 0.650. The van der Waals surface area contributed by atoms with Gasteiger partial charge in [-0.1, -0.05) is 33.8 Å². The molecule has 0 radical (unpaired) electrons.